The summed E-state index contributed by atoms with van der Waals surface area (Å²) in [5.74, 6) is 0.400. The van der Waals surface area contributed by atoms with Gasteiger partial charge in [-0.2, -0.15) is 0 Å². The number of carbonyl (C=O) groups is 1. The molecule has 102 valence electrons. The van der Waals surface area contributed by atoms with E-state index in [1.165, 1.54) is 11.3 Å². The Bertz CT molecular complexity index is 609. The number of hydrogen-bond acceptors (Lipinski definition) is 3. The second-order valence-electron chi connectivity index (χ2n) is 4.68. The maximum absolute atomic E-state index is 12.2. The molecule has 2 rings (SSSR count). The zero-order chi connectivity index (χ0) is 14.0. The van der Waals surface area contributed by atoms with Gasteiger partial charge in [0.2, 0.25) is 0 Å². The number of halogens is 1. The molecular formula is C14H17BrN2OS. The molecule has 0 saturated heterocycles. The van der Waals surface area contributed by atoms with E-state index in [-0.39, 0.29) is 5.91 Å². The first-order chi connectivity index (χ1) is 9.04. The maximum Gasteiger partial charge on any atom is 0.263 e. The van der Waals surface area contributed by atoms with E-state index in [0.29, 0.717) is 23.0 Å². The molecule has 5 heteroatoms. The van der Waals surface area contributed by atoms with Crippen molar-refractivity contribution in [2.24, 2.45) is 5.92 Å². The van der Waals surface area contributed by atoms with Crippen LogP contribution in [0.4, 0.5) is 5.69 Å². The van der Waals surface area contributed by atoms with E-state index in [0.717, 1.165) is 21.0 Å². The summed E-state index contributed by atoms with van der Waals surface area (Å²) in [4.78, 5) is 12.8. The summed E-state index contributed by atoms with van der Waals surface area (Å²) in [5.41, 5.74) is 6.66. The van der Waals surface area contributed by atoms with Gasteiger partial charge < -0.3 is 11.1 Å². The first-order valence-corrected chi connectivity index (χ1v) is 7.90. The molecule has 1 aromatic carbocycles. The number of nitrogens with one attached hydrogen (secondary N) is 1. The number of nitrogens with two attached hydrogens (primary N) is 1. The molecule has 0 aliphatic carbocycles. The summed E-state index contributed by atoms with van der Waals surface area (Å²) in [6.07, 6.45) is 1.05. The highest BCUT2D eigenvalue weighted by atomic mass is 79.9. The van der Waals surface area contributed by atoms with E-state index >= 15 is 0 Å². The van der Waals surface area contributed by atoms with Crippen molar-refractivity contribution in [2.45, 2.75) is 20.3 Å². The lowest BCUT2D eigenvalue weighted by atomic mass is 10.1. The molecule has 3 N–H and O–H groups in total. The number of benzene rings is 1. The predicted octanol–water partition coefficient (Wildman–Crippen LogP) is 4.02. The van der Waals surface area contributed by atoms with E-state index in [2.05, 4.69) is 35.1 Å². The number of amides is 1. The van der Waals surface area contributed by atoms with Crippen molar-refractivity contribution in [1.29, 1.82) is 0 Å². The standard InChI is InChI=1S/C14H17BrN2OS/c1-3-8(2)7-17-14(18)13-12(16)11-9(15)5-4-6-10(11)19-13/h4-6,8H,3,7,16H2,1-2H3,(H,17,18). The van der Waals surface area contributed by atoms with Crippen molar-refractivity contribution in [2.75, 3.05) is 12.3 Å². The van der Waals surface area contributed by atoms with Gasteiger partial charge in [0.1, 0.15) is 4.88 Å². The van der Waals surface area contributed by atoms with Crippen LogP contribution in [0.15, 0.2) is 22.7 Å². The van der Waals surface area contributed by atoms with Crippen molar-refractivity contribution in [3.8, 4) is 0 Å². The first kappa shape index (κ1) is 14.3. The van der Waals surface area contributed by atoms with Gasteiger partial charge >= 0.3 is 0 Å². The summed E-state index contributed by atoms with van der Waals surface area (Å²) in [6, 6.07) is 5.86. The highest BCUT2D eigenvalue weighted by Crippen LogP contribution is 2.38. The van der Waals surface area contributed by atoms with Crippen LogP contribution >= 0.6 is 27.3 Å². The molecule has 0 spiro atoms. The number of fused-ring (bicyclic) bond motifs is 1. The summed E-state index contributed by atoms with van der Waals surface area (Å²) < 4.78 is 1.96. The monoisotopic (exact) mass is 340 g/mol. The number of thiophene rings is 1. The van der Waals surface area contributed by atoms with Crippen molar-refractivity contribution in [3.05, 3.63) is 27.5 Å². The van der Waals surface area contributed by atoms with Crippen LogP contribution in [0.5, 0.6) is 0 Å². The second-order valence-corrected chi connectivity index (χ2v) is 6.59. The zero-order valence-corrected chi connectivity index (χ0v) is 13.4. The van der Waals surface area contributed by atoms with E-state index in [9.17, 15) is 4.79 Å². The van der Waals surface area contributed by atoms with Gasteiger partial charge in [0.15, 0.2) is 0 Å². The van der Waals surface area contributed by atoms with Crippen LogP contribution in [-0.2, 0) is 0 Å². The first-order valence-electron chi connectivity index (χ1n) is 6.29. The summed E-state index contributed by atoms with van der Waals surface area (Å²) in [6.45, 7) is 4.91. The fourth-order valence-electron chi connectivity index (χ4n) is 1.79. The molecule has 0 bridgehead atoms. The molecule has 1 heterocycles. The van der Waals surface area contributed by atoms with Gasteiger partial charge in [-0.15, -0.1) is 11.3 Å². The molecule has 19 heavy (non-hydrogen) atoms. The second kappa shape index (κ2) is 5.92. The summed E-state index contributed by atoms with van der Waals surface area (Å²) in [5, 5.41) is 3.88. The Morgan fingerprint density at radius 2 is 2.26 bits per heavy atom. The average molecular weight is 341 g/mol. The van der Waals surface area contributed by atoms with Crippen molar-refractivity contribution in [1.82, 2.24) is 5.32 Å². The minimum Gasteiger partial charge on any atom is -0.397 e. The minimum atomic E-state index is -0.0779. The number of nitrogen functional groups attached to an aromatic ring is 1. The van der Waals surface area contributed by atoms with Gasteiger partial charge in [-0.25, -0.2) is 0 Å². The lowest BCUT2D eigenvalue weighted by Crippen LogP contribution is -2.27. The maximum atomic E-state index is 12.2. The molecule has 0 radical (unpaired) electrons. The van der Waals surface area contributed by atoms with Crippen LogP contribution in [-0.4, -0.2) is 12.5 Å². The Morgan fingerprint density at radius 1 is 1.53 bits per heavy atom. The van der Waals surface area contributed by atoms with Gasteiger partial charge in [0.05, 0.1) is 5.69 Å². The Hall–Kier alpha value is -1.07. The van der Waals surface area contributed by atoms with Gasteiger partial charge in [-0.1, -0.05) is 42.3 Å². The van der Waals surface area contributed by atoms with Gasteiger partial charge in [-0.3, -0.25) is 4.79 Å². The van der Waals surface area contributed by atoms with Gasteiger partial charge in [0.25, 0.3) is 5.91 Å². The van der Waals surface area contributed by atoms with E-state index < -0.39 is 0 Å². The molecule has 1 aromatic heterocycles. The van der Waals surface area contributed by atoms with Crippen molar-refractivity contribution in [3.63, 3.8) is 0 Å². The van der Waals surface area contributed by atoms with Gasteiger partial charge in [-0.05, 0) is 18.1 Å². The molecule has 0 aliphatic heterocycles. The number of hydrogen-bond donors (Lipinski definition) is 2. The lowest BCUT2D eigenvalue weighted by Gasteiger charge is -2.09. The number of carbonyl (C=O) groups excluding carboxylic acids is 1. The molecule has 1 unspecified atom stereocenters. The third-order valence-electron chi connectivity index (χ3n) is 3.22. The lowest BCUT2D eigenvalue weighted by molar-refractivity contribution is 0.0953. The van der Waals surface area contributed by atoms with Crippen LogP contribution in [0.25, 0.3) is 10.1 Å². The number of anilines is 1. The average Bonchev–Trinajstić information content (AvgIpc) is 2.74. The topological polar surface area (TPSA) is 55.1 Å². The zero-order valence-electron chi connectivity index (χ0n) is 11.0. The predicted molar refractivity (Wildman–Crippen MR) is 85.7 cm³/mol. The van der Waals surface area contributed by atoms with Crippen LogP contribution in [0.1, 0.15) is 29.9 Å². The molecule has 2 aromatic rings. The normalized spacial score (nSPS) is 12.6. The van der Waals surface area contributed by atoms with E-state index in [1.807, 2.05) is 18.2 Å². The van der Waals surface area contributed by atoms with Crippen LogP contribution in [0.3, 0.4) is 0 Å². The summed E-state index contributed by atoms with van der Waals surface area (Å²) >= 11 is 4.92. The molecule has 0 fully saturated rings. The Balaban J connectivity index is 2.28. The largest absolute Gasteiger partial charge is 0.397 e. The van der Waals surface area contributed by atoms with Crippen LogP contribution in [0, 0.1) is 5.92 Å². The highest BCUT2D eigenvalue weighted by Gasteiger charge is 2.17. The van der Waals surface area contributed by atoms with Crippen molar-refractivity contribution >= 4 is 48.9 Å². The molecule has 3 nitrogen and oxygen atoms in total. The Labute approximate surface area is 125 Å². The third kappa shape index (κ3) is 2.92. The summed E-state index contributed by atoms with van der Waals surface area (Å²) in [7, 11) is 0. The Kier molecular flexibility index (Phi) is 4.47. The molecule has 1 atom stereocenters. The van der Waals surface area contributed by atoms with Gasteiger partial charge in [0, 0.05) is 21.1 Å². The highest BCUT2D eigenvalue weighted by molar-refractivity contribution is 9.10. The van der Waals surface area contributed by atoms with Crippen LogP contribution in [0.2, 0.25) is 0 Å². The molecule has 0 aliphatic rings. The minimum absolute atomic E-state index is 0.0779. The smallest absolute Gasteiger partial charge is 0.263 e. The third-order valence-corrected chi connectivity index (χ3v) is 5.05. The Morgan fingerprint density at radius 3 is 2.89 bits per heavy atom. The molecule has 0 saturated carbocycles. The van der Waals surface area contributed by atoms with Crippen LogP contribution < -0.4 is 11.1 Å². The number of rotatable bonds is 4. The SMILES string of the molecule is CCC(C)CNC(=O)c1sc2cccc(Br)c2c1N. The van der Waals surface area contributed by atoms with Crippen molar-refractivity contribution < 1.29 is 4.79 Å². The quantitative estimate of drug-likeness (QED) is 0.882. The molecule has 1 amide bonds. The fourth-order valence-corrected chi connectivity index (χ4v) is 3.57. The molecular weight excluding hydrogens is 324 g/mol. The van der Waals surface area contributed by atoms with E-state index in [4.69, 9.17) is 5.73 Å². The van der Waals surface area contributed by atoms with E-state index in [1.54, 1.807) is 0 Å². The fraction of sp³-hybridized carbons (Fsp3) is 0.357.